The van der Waals surface area contributed by atoms with Gasteiger partial charge in [-0.15, -0.1) is 5.10 Å². The van der Waals surface area contributed by atoms with Crippen LogP contribution in [0.25, 0.3) is 0 Å². The van der Waals surface area contributed by atoms with Crippen LogP contribution in [-0.4, -0.2) is 38.3 Å². The Hall–Kier alpha value is -1.43. The van der Waals surface area contributed by atoms with Gasteiger partial charge in [-0.25, -0.2) is 9.48 Å². The summed E-state index contributed by atoms with van der Waals surface area (Å²) in [6, 6.07) is 0.220. The number of rotatable bonds is 2. The Morgan fingerprint density at radius 2 is 2.28 bits per heavy atom. The highest BCUT2D eigenvalue weighted by molar-refractivity contribution is 5.84. The molecule has 3 rings (SSSR count). The van der Waals surface area contributed by atoms with E-state index in [1.807, 2.05) is 0 Å². The highest BCUT2D eigenvalue weighted by Gasteiger charge is 2.40. The summed E-state index contributed by atoms with van der Waals surface area (Å²) < 4.78 is 7.65. The summed E-state index contributed by atoms with van der Waals surface area (Å²) in [5.74, 6) is -1.02. The number of aromatic carboxylic acids is 1. The minimum atomic E-state index is -1.02. The molecule has 2 aliphatic rings. The Kier molecular flexibility index (Phi) is 2.81. The van der Waals surface area contributed by atoms with E-state index in [0.717, 1.165) is 32.3 Å². The molecule has 6 nitrogen and oxygen atoms in total. The van der Waals surface area contributed by atoms with Crippen LogP contribution in [0.1, 0.15) is 55.1 Å². The maximum Gasteiger partial charge on any atom is 0.358 e. The molecule has 1 saturated carbocycles. The van der Waals surface area contributed by atoms with E-state index in [1.165, 1.54) is 19.0 Å². The van der Waals surface area contributed by atoms with Crippen molar-refractivity contribution >= 4 is 5.97 Å². The summed E-state index contributed by atoms with van der Waals surface area (Å²) in [6.45, 7) is 0.729. The molecule has 6 heteroatoms. The zero-order valence-corrected chi connectivity index (χ0v) is 10.2. The zero-order valence-electron chi connectivity index (χ0n) is 10.2. The number of aromatic nitrogens is 3. The molecule has 0 bridgehead atoms. The molecule has 0 aromatic carbocycles. The molecule has 2 heterocycles. The largest absolute Gasteiger partial charge is 0.476 e. The molecule has 1 unspecified atom stereocenters. The summed E-state index contributed by atoms with van der Waals surface area (Å²) in [5.41, 5.74) is 0.0279. The smallest absolute Gasteiger partial charge is 0.358 e. The van der Waals surface area contributed by atoms with Crippen LogP contribution in [0.5, 0.6) is 0 Å². The lowest BCUT2D eigenvalue weighted by molar-refractivity contribution is -0.0911. The van der Waals surface area contributed by atoms with Crippen LogP contribution in [0.15, 0.2) is 6.20 Å². The lowest BCUT2D eigenvalue weighted by atomic mass is 9.89. The quantitative estimate of drug-likeness (QED) is 0.864. The fourth-order valence-corrected chi connectivity index (χ4v) is 3.15. The van der Waals surface area contributed by atoms with Gasteiger partial charge in [-0.05, 0) is 25.7 Å². The predicted molar refractivity (Wildman–Crippen MR) is 62.4 cm³/mol. The van der Waals surface area contributed by atoms with Gasteiger partial charge in [-0.2, -0.15) is 0 Å². The first kappa shape index (κ1) is 11.6. The number of hydrogen-bond acceptors (Lipinski definition) is 4. The number of ether oxygens (including phenoxy) is 1. The van der Waals surface area contributed by atoms with E-state index < -0.39 is 5.97 Å². The molecule has 1 saturated heterocycles. The Morgan fingerprint density at radius 3 is 2.94 bits per heavy atom. The summed E-state index contributed by atoms with van der Waals surface area (Å²) in [4.78, 5) is 10.8. The van der Waals surface area contributed by atoms with Crippen molar-refractivity contribution in [1.82, 2.24) is 15.0 Å². The van der Waals surface area contributed by atoms with Gasteiger partial charge in [-0.1, -0.05) is 18.1 Å². The molecule has 1 spiro atoms. The molecule has 1 atom stereocenters. The van der Waals surface area contributed by atoms with Crippen LogP contribution in [0.2, 0.25) is 0 Å². The average molecular weight is 251 g/mol. The Labute approximate surface area is 105 Å². The standard InChI is InChI=1S/C12H17N3O3/c16-11(17)10-8-15(14-13-10)9-3-6-18-12(7-9)4-1-2-5-12/h8-9H,1-7H2,(H,16,17). The van der Waals surface area contributed by atoms with Crippen molar-refractivity contribution in [2.24, 2.45) is 0 Å². The topological polar surface area (TPSA) is 77.2 Å². The molecular formula is C12H17N3O3. The monoisotopic (exact) mass is 251 g/mol. The van der Waals surface area contributed by atoms with Crippen LogP contribution in [0.3, 0.4) is 0 Å². The lowest BCUT2D eigenvalue weighted by Crippen LogP contribution is -2.38. The van der Waals surface area contributed by atoms with Crippen LogP contribution >= 0.6 is 0 Å². The van der Waals surface area contributed by atoms with Gasteiger partial charge < -0.3 is 9.84 Å². The third kappa shape index (κ3) is 2.01. The van der Waals surface area contributed by atoms with Gasteiger partial charge in [0.25, 0.3) is 0 Å². The summed E-state index contributed by atoms with van der Waals surface area (Å²) in [7, 11) is 0. The number of carboxylic acids is 1. The first-order chi connectivity index (χ1) is 8.69. The second kappa shape index (κ2) is 4.35. The fraction of sp³-hybridized carbons (Fsp3) is 0.750. The number of carboxylic acid groups (broad SMARTS) is 1. The molecular weight excluding hydrogens is 234 g/mol. The predicted octanol–water partition coefficient (Wildman–Crippen LogP) is 1.64. The molecule has 1 aliphatic carbocycles. The normalized spacial score (nSPS) is 26.6. The zero-order chi connectivity index (χ0) is 12.6. The van der Waals surface area contributed by atoms with Crippen molar-refractivity contribution in [2.45, 2.75) is 50.2 Å². The number of nitrogens with zero attached hydrogens (tertiary/aromatic N) is 3. The first-order valence-electron chi connectivity index (χ1n) is 6.48. The molecule has 18 heavy (non-hydrogen) atoms. The van der Waals surface area contributed by atoms with Gasteiger partial charge >= 0.3 is 5.97 Å². The van der Waals surface area contributed by atoms with E-state index in [2.05, 4.69) is 10.3 Å². The van der Waals surface area contributed by atoms with Crippen LogP contribution in [0.4, 0.5) is 0 Å². The molecule has 1 aliphatic heterocycles. The van der Waals surface area contributed by atoms with Gasteiger partial charge in [0.2, 0.25) is 0 Å². The minimum absolute atomic E-state index is 0.0122. The maximum absolute atomic E-state index is 10.8. The van der Waals surface area contributed by atoms with Crippen molar-refractivity contribution in [2.75, 3.05) is 6.61 Å². The molecule has 0 amide bonds. The van der Waals surface area contributed by atoms with Gasteiger partial charge in [-0.3, -0.25) is 0 Å². The van der Waals surface area contributed by atoms with E-state index >= 15 is 0 Å². The van der Waals surface area contributed by atoms with Gasteiger partial charge in [0.1, 0.15) is 0 Å². The van der Waals surface area contributed by atoms with Crippen LogP contribution in [-0.2, 0) is 4.74 Å². The van der Waals surface area contributed by atoms with Crippen molar-refractivity contribution in [1.29, 1.82) is 0 Å². The Morgan fingerprint density at radius 1 is 1.50 bits per heavy atom. The third-order valence-electron chi connectivity index (χ3n) is 4.09. The molecule has 0 radical (unpaired) electrons. The van der Waals surface area contributed by atoms with E-state index in [1.54, 1.807) is 4.68 Å². The summed E-state index contributed by atoms with van der Waals surface area (Å²) >= 11 is 0. The molecule has 2 fully saturated rings. The second-order valence-electron chi connectivity index (χ2n) is 5.27. The van der Waals surface area contributed by atoms with Crippen molar-refractivity contribution in [3.05, 3.63) is 11.9 Å². The van der Waals surface area contributed by atoms with Gasteiger partial charge in [0, 0.05) is 6.61 Å². The van der Waals surface area contributed by atoms with Crippen molar-refractivity contribution in [3.8, 4) is 0 Å². The van der Waals surface area contributed by atoms with Crippen LogP contribution < -0.4 is 0 Å². The minimum Gasteiger partial charge on any atom is -0.476 e. The van der Waals surface area contributed by atoms with E-state index in [-0.39, 0.29) is 17.3 Å². The van der Waals surface area contributed by atoms with Crippen molar-refractivity contribution in [3.63, 3.8) is 0 Å². The molecule has 1 aromatic rings. The molecule has 1 N–H and O–H groups in total. The molecule has 98 valence electrons. The average Bonchev–Trinajstić information content (AvgIpc) is 2.98. The third-order valence-corrected chi connectivity index (χ3v) is 4.09. The SMILES string of the molecule is O=C(O)c1cn(C2CCOC3(CCCC3)C2)nn1. The summed E-state index contributed by atoms with van der Waals surface area (Å²) in [6.07, 6.45) is 8.02. The van der Waals surface area contributed by atoms with E-state index in [4.69, 9.17) is 9.84 Å². The van der Waals surface area contributed by atoms with Gasteiger partial charge in [0.05, 0.1) is 17.8 Å². The Bertz CT molecular complexity index is 451. The lowest BCUT2D eigenvalue weighted by Gasteiger charge is -2.38. The molecule has 1 aromatic heterocycles. The van der Waals surface area contributed by atoms with E-state index in [0.29, 0.717) is 0 Å². The van der Waals surface area contributed by atoms with Gasteiger partial charge in [0.15, 0.2) is 5.69 Å². The highest BCUT2D eigenvalue weighted by atomic mass is 16.5. The Balaban J connectivity index is 1.76. The first-order valence-corrected chi connectivity index (χ1v) is 6.48. The number of hydrogen-bond donors (Lipinski definition) is 1. The maximum atomic E-state index is 10.8. The van der Waals surface area contributed by atoms with E-state index in [9.17, 15) is 4.79 Å². The number of carbonyl (C=O) groups is 1. The summed E-state index contributed by atoms with van der Waals surface area (Å²) in [5, 5.41) is 16.5. The van der Waals surface area contributed by atoms with Crippen LogP contribution in [0, 0.1) is 0 Å². The van der Waals surface area contributed by atoms with Crippen molar-refractivity contribution < 1.29 is 14.6 Å². The fourth-order valence-electron chi connectivity index (χ4n) is 3.15. The highest BCUT2D eigenvalue weighted by Crippen LogP contribution is 2.43. The second-order valence-corrected chi connectivity index (χ2v) is 5.27.